The van der Waals surface area contributed by atoms with E-state index < -0.39 is 10.4 Å². The normalized spacial score (nSPS) is 14.8. The first-order valence-corrected chi connectivity index (χ1v) is 10.6. The zero-order valence-electron chi connectivity index (χ0n) is 15.7. The Bertz CT molecular complexity index is 1170. The van der Waals surface area contributed by atoms with E-state index in [9.17, 15) is 0 Å². The van der Waals surface area contributed by atoms with E-state index in [4.69, 9.17) is 17.5 Å². The van der Waals surface area contributed by atoms with Crippen molar-refractivity contribution in [2.45, 2.75) is 11.8 Å². The van der Waals surface area contributed by atoms with E-state index in [1.165, 1.54) is 37.8 Å². The van der Waals surface area contributed by atoms with Gasteiger partial charge in [-0.05, 0) is 36.8 Å². The summed E-state index contributed by atoms with van der Waals surface area (Å²) in [6.45, 7) is 2.14. The van der Waals surface area contributed by atoms with Crippen molar-refractivity contribution < 1.29 is 22.1 Å². The number of aromatic nitrogens is 1. The minimum atomic E-state index is -4.92. The molecule has 1 aliphatic heterocycles. The molecule has 0 saturated carbocycles. The summed E-state index contributed by atoms with van der Waals surface area (Å²) in [6, 6.07) is 19.5. The van der Waals surface area contributed by atoms with Crippen LogP contribution in [0.4, 0.5) is 5.69 Å². The summed E-state index contributed by atoms with van der Waals surface area (Å²) in [5.74, 6) is 0. The van der Waals surface area contributed by atoms with Crippen molar-refractivity contribution in [3.05, 3.63) is 70.9 Å². The summed E-state index contributed by atoms with van der Waals surface area (Å²) >= 11 is 1.84. The molecule has 2 heterocycles. The van der Waals surface area contributed by atoms with Gasteiger partial charge in [-0.2, -0.15) is 4.57 Å². The summed E-state index contributed by atoms with van der Waals surface area (Å²) in [4.78, 5) is 3.61. The third kappa shape index (κ3) is 4.71. The van der Waals surface area contributed by atoms with Gasteiger partial charge in [0.2, 0.25) is 21.6 Å². The molecule has 0 saturated heterocycles. The van der Waals surface area contributed by atoms with Crippen molar-refractivity contribution in [1.82, 2.24) is 0 Å². The molecule has 146 valence electrons. The molecule has 0 unspecified atom stereocenters. The SMILES string of the molecule is Cc1ccc2c(c1)N(C)/C(=C/c1ccc3ccccc3[n+]1C)S2.O=S(=O)([O-])O. The van der Waals surface area contributed by atoms with Crippen LogP contribution in [0.3, 0.4) is 0 Å². The van der Waals surface area contributed by atoms with Gasteiger partial charge in [-0.25, -0.2) is 8.42 Å². The second kappa shape index (κ2) is 7.92. The van der Waals surface area contributed by atoms with Crippen molar-refractivity contribution >= 4 is 44.8 Å². The first kappa shape index (κ1) is 20.3. The molecule has 0 aliphatic carbocycles. The van der Waals surface area contributed by atoms with Gasteiger partial charge in [0, 0.05) is 35.5 Å². The van der Waals surface area contributed by atoms with E-state index in [0.29, 0.717) is 0 Å². The van der Waals surface area contributed by atoms with Crippen LogP contribution in [0.5, 0.6) is 0 Å². The third-order valence-electron chi connectivity index (χ3n) is 4.41. The highest BCUT2D eigenvalue weighted by atomic mass is 32.3. The number of benzene rings is 2. The molecule has 0 bridgehead atoms. The average Bonchev–Trinajstić information content (AvgIpc) is 2.92. The maximum Gasteiger partial charge on any atom is 0.215 e. The molecule has 0 radical (unpaired) electrons. The fourth-order valence-electron chi connectivity index (χ4n) is 3.03. The van der Waals surface area contributed by atoms with Crippen LogP contribution in [0, 0.1) is 6.92 Å². The van der Waals surface area contributed by atoms with E-state index in [1.54, 1.807) is 0 Å². The van der Waals surface area contributed by atoms with Crippen LogP contribution in [0.15, 0.2) is 64.5 Å². The molecule has 0 fully saturated rings. The third-order valence-corrected chi connectivity index (χ3v) is 5.58. The lowest BCUT2D eigenvalue weighted by molar-refractivity contribution is -0.646. The first-order chi connectivity index (χ1) is 13.1. The second-order valence-corrected chi connectivity index (χ2v) is 8.34. The lowest BCUT2D eigenvalue weighted by Gasteiger charge is -2.13. The van der Waals surface area contributed by atoms with Gasteiger partial charge in [-0.1, -0.05) is 30.0 Å². The van der Waals surface area contributed by atoms with E-state index in [2.05, 4.69) is 91.2 Å². The summed E-state index contributed by atoms with van der Waals surface area (Å²) < 4.78 is 35.1. The number of anilines is 1. The number of pyridine rings is 1. The van der Waals surface area contributed by atoms with Gasteiger partial charge in [0.1, 0.15) is 7.05 Å². The van der Waals surface area contributed by atoms with Crippen molar-refractivity contribution in [2.24, 2.45) is 7.05 Å². The van der Waals surface area contributed by atoms with Crippen molar-refractivity contribution in [3.63, 3.8) is 0 Å². The van der Waals surface area contributed by atoms with Gasteiger partial charge in [0.15, 0.2) is 0 Å². The van der Waals surface area contributed by atoms with E-state index in [0.717, 1.165) is 0 Å². The molecule has 0 atom stereocenters. The monoisotopic (exact) mass is 416 g/mol. The van der Waals surface area contributed by atoms with Gasteiger partial charge in [-0.3, -0.25) is 4.55 Å². The maximum absolute atomic E-state index is 8.63. The number of aryl methyl sites for hydroxylation is 2. The fraction of sp³-hybridized carbons (Fsp3) is 0.150. The molecule has 28 heavy (non-hydrogen) atoms. The van der Waals surface area contributed by atoms with E-state index in [1.807, 2.05) is 11.8 Å². The molecule has 0 amide bonds. The molecule has 1 aliphatic rings. The fourth-order valence-corrected chi connectivity index (χ4v) is 4.11. The lowest BCUT2D eigenvalue weighted by Crippen LogP contribution is -2.32. The Morgan fingerprint density at radius 1 is 1.14 bits per heavy atom. The summed E-state index contributed by atoms with van der Waals surface area (Å²) in [6.07, 6.45) is 2.27. The smallest absolute Gasteiger partial charge is 0.215 e. The lowest BCUT2D eigenvalue weighted by atomic mass is 10.2. The number of hydrogen-bond acceptors (Lipinski definition) is 5. The zero-order valence-corrected chi connectivity index (χ0v) is 17.3. The number of rotatable bonds is 1. The highest BCUT2D eigenvalue weighted by Gasteiger charge is 2.23. The Balaban J connectivity index is 0.000000403. The van der Waals surface area contributed by atoms with Crippen molar-refractivity contribution in [3.8, 4) is 0 Å². The number of thioether (sulfide) groups is 1. The number of nitrogens with zero attached hydrogens (tertiary/aromatic N) is 2. The average molecular weight is 417 g/mol. The van der Waals surface area contributed by atoms with Crippen LogP contribution in [0.1, 0.15) is 11.3 Å². The van der Waals surface area contributed by atoms with Crippen LogP contribution >= 0.6 is 11.8 Å². The Morgan fingerprint density at radius 3 is 2.54 bits per heavy atom. The van der Waals surface area contributed by atoms with Gasteiger partial charge >= 0.3 is 0 Å². The molecule has 8 heteroatoms. The van der Waals surface area contributed by atoms with Gasteiger partial charge < -0.3 is 9.45 Å². The Labute approximate surface area is 168 Å². The highest BCUT2D eigenvalue weighted by molar-refractivity contribution is 8.03. The minimum absolute atomic E-state index is 1.21. The molecule has 4 rings (SSSR count). The van der Waals surface area contributed by atoms with Crippen LogP contribution in [0.2, 0.25) is 0 Å². The highest BCUT2D eigenvalue weighted by Crippen LogP contribution is 2.45. The van der Waals surface area contributed by atoms with Crippen LogP contribution < -0.4 is 9.47 Å². The predicted molar refractivity (Wildman–Crippen MR) is 111 cm³/mol. The molecule has 0 spiro atoms. The Kier molecular flexibility index (Phi) is 5.76. The molecular weight excluding hydrogens is 396 g/mol. The quantitative estimate of drug-likeness (QED) is 0.371. The molecule has 1 N–H and O–H groups in total. The molecule has 2 aromatic carbocycles. The summed E-state index contributed by atoms with van der Waals surface area (Å²) in [5.41, 5.74) is 5.06. The maximum atomic E-state index is 8.63. The van der Waals surface area contributed by atoms with Crippen LogP contribution in [0.25, 0.3) is 17.0 Å². The molecular formula is C20H20N2O4S2. The van der Waals surface area contributed by atoms with E-state index in [-0.39, 0.29) is 0 Å². The van der Waals surface area contributed by atoms with Gasteiger partial charge in [0.25, 0.3) is 0 Å². The second-order valence-electron chi connectivity index (χ2n) is 6.42. The van der Waals surface area contributed by atoms with E-state index >= 15 is 0 Å². The topological polar surface area (TPSA) is 84.6 Å². The summed E-state index contributed by atoms with van der Waals surface area (Å²) in [5, 5.41) is 2.53. The first-order valence-electron chi connectivity index (χ1n) is 8.43. The standard InChI is InChI=1S/C20H19N2S.H2O4S/c1-14-8-11-19-18(12-14)22(3)20(23-19)13-16-10-9-15-6-4-5-7-17(15)21(16)2;1-5(2,3)4/h4-13H,1-3H3;(H2,1,2,3,4)/q+1;/p-1. The van der Waals surface area contributed by atoms with Crippen LogP contribution in [-0.2, 0) is 17.4 Å². The molecule has 3 aromatic rings. The predicted octanol–water partition coefficient (Wildman–Crippen LogP) is 3.52. The van der Waals surface area contributed by atoms with Crippen LogP contribution in [-0.4, -0.2) is 24.6 Å². The number of fused-ring (bicyclic) bond motifs is 2. The molecule has 1 aromatic heterocycles. The zero-order chi connectivity index (χ0) is 20.5. The van der Waals surface area contributed by atoms with Crippen molar-refractivity contribution in [1.29, 1.82) is 0 Å². The minimum Gasteiger partial charge on any atom is -0.726 e. The Hall–Kier alpha value is -2.39. The van der Waals surface area contributed by atoms with Gasteiger partial charge in [0.05, 0.1) is 10.7 Å². The largest absolute Gasteiger partial charge is 0.726 e. The van der Waals surface area contributed by atoms with Crippen molar-refractivity contribution in [2.75, 3.05) is 11.9 Å². The molecule has 6 nitrogen and oxygen atoms in total. The summed E-state index contributed by atoms with van der Waals surface area (Å²) in [7, 11) is -0.642. The Morgan fingerprint density at radius 2 is 1.82 bits per heavy atom. The number of para-hydroxylation sites is 1. The number of hydrogen-bond donors (Lipinski definition) is 1. The van der Waals surface area contributed by atoms with Gasteiger partial charge in [-0.15, -0.1) is 0 Å².